The van der Waals surface area contributed by atoms with Gasteiger partial charge in [0, 0.05) is 11.8 Å². The molecular weight excluding hydrogens is 215 g/mol. The lowest BCUT2D eigenvalue weighted by Crippen LogP contribution is -2.00. The maximum absolute atomic E-state index is 10.6. The number of alkyl halides is 2. The van der Waals surface area contributed by atoms with Crippen LogP contribution in [0.4, 0.5) is 5.69 Å². The van der Waals surface area contributed by atoms with Crippen LogP contribution in [0, 0.1) is 17.0 Å². The van der Waals surface area contributed by atoms with Gasteiger partial charge in [-0.2, -0.15) is 0 Å². The Bertz CT molecular complexity index is 341. The van der Waals surface area contributed by atoms with Crippen molar-refractivity contribution in [3.8, 4) is 0 Å². The molecule has 0 saturated carbocycles. The van der Waals surface area contributed by atoms with Crippen molar-refractivity contribution in [2.45, 2.75) is 11.8 Å². The molecule has 1 heterocycles. The molecule has 70 valence electrons. The molecule has 0 saturated heterocycles. The number of pyridine rings is 1. The minimum Gasteiger partial charge on any atom is -0.258 e. The van der Waals surface area contributed by atoms with Gasteiger partial charge in [0.2, 0.25) is 0 Å². The van der Waals surface area contributed by atoms with Crippen LogP contribution in [-0.4, -0.2) is 9.91 Å². The van der Waals surface area contributed by atoms with Crippen LogP contribution in [0.2, 0.25) is 0 Å². The van der Waals surface area contributed by atoms with Gasteiger partial charge >= 0.3 is 0 Å². The Morgan fingerprint density at radius 1 is 1.62 bits per heavy atom. The fourth-order valence-corrected chi connectivity index (χ4v) is 1.29. The SMILES string of the molecule is Cc1ccnc(C(Cl)Cl)c1[N+](=O)[O-]. The van der Waals surface area contributed by atoms with Gasteiger partial charge in [0.05, 0.1) is 4.92 Å². The Kier molecular flexibility index (Phi) is 3.06. The van der Waals surface area contributed by atoms with E-state index in [9.17, 15) is 10.1 Å². The molecule has 1 aromatic rings. The van der Waals surface area contributed by atoms with Crippen LogP contribution in [0.1, 0.15) is 16.1 Å². The quantitative estimate of drug-likeness (QED) is 0.438. The van der Waals surface area contributed by atoms with Gasteiger partial charge in [0.1, 0.15) is 0 Å². The highest BCUT2D eigenvalue weighted by atomic mass is 35.5. The molecule has 0 amide bonds. The molecule has 4 nitrogen and oxygen atoms in total. The molecule has 0 aliphatic rings. The molecule has 0 unspecified atom stereocenters. The smallest absolute Gasteiger partial charge is 0.258 e. The van der Waals surface area contributed by atoms with Crippen molar-refractivity contribution in [1.82, 2.24) is 4.98 Å². The van der Waals surface area contributed by atoms with Crippen LogP contribution < -0.4 is 0 Å². The van der Waals surface area contributed by atoms with Crippen molar-refractivity contribution in [1.29, 1.82) is 0 Å². The summed E-state index contributed by atoms with van der Waals surface area (Å²) in [5.74, 6) is 0. The molecule has 13 heavy (non-hydrogen) atoms. The van der Waals surface area contributed by atoms with Gasteiger partial charge in [-0.25, -0.2) is 0 Å². The van der Waals surface area contributed by atoms with Crippen molar-refractivity contribution in [3.63, 3.8) is 0 Å². The number of hydrogen-bond acceptors (Lipinski definition) is 3. The third-order valence-electron chi connectivity index (χ3n) is 1.54. The molecule has 0 aliphatic heterocycles. The van der Waals surface area contributed by atoms with Crippen molar-refractivity contribution in [3.05, 3.63) is 33.6 Å². The first-order valence-corrected chi connectivity index (χ1v) is 4.29. The minimum absolute atomic E-state index is 0.0910. The summed E-state index contributed by atoms with van der Waals surface area (Å²) in [7, 11) is 0. The normalized spacial score (nSPS) is 10.5. The van der Waals surface area contributed by atoms with E-state index in [-0.39, 0.29) is 11.4 Å². The Morgan fingerprint density at radius 3 is 2.62 bits per heavy atom. The zero-order chi connectivity index (χ0) is 10.0. The van der Waals surface area contributed by atoms with Crippen molar-refractivity contribution >= 4 is 28.9 Å². The fraction of sp³-hybridized carbons (Fsp3) is 0.286. The lowest BCUT2D eigenvalue weighted by atomic mass is 10.2. The van der Waals surface area contributed by atoms with E-state index < -0.39 is 9.76 Å². The van der Waals surface area contributed by atoms with Crippen molar-refractivity contribution in [2.75, 3.05) is 0 Å². The molecule has 0 aromatic carbocycles. The first-order chi connectivity index (χ1) is 6.04. The molecule has 0 aliphatic carbocycles. The van der Waals surface area contributed by atoms with Crippen molar-refractivity contribution in [2.24, 2.45) is 0 Å². The number of nitro groups is 1. The van der Waals surface area contributed by atoms with Crippen LogP contribution in [0.25, 0.3) is 0 Å². The molecule has 0 bridgehead atoms. The second kappa shape index (κ2) is 3.89. The molecule has 0 fully saturated rings. The van der Waals surface area contributed by atoms with Crippen LogP contribution >= 0.6 is 23.2 Å². The summed E-state index contributed by atoms with van der Waals surface area (Å²) in [5.41, 5.74) is 0.479. The second-order valence-electron chi connectivity index (χ2n) is 2.42. The van der Waals surface area contributed by atoms with E-state index in [1.807, 2.05) is 0 Å². The first kappa shape index (κ1) is 10.2. The van der Waals surface area contributed by atoms with Gasteiger partial charge in [0.15, 0.2) is 10.5 Å². The standard InChI is InChI=1S/C7H6Cl2N2O2/c1-4-2-3-10-5(7(8)9)6(4)11(12)13/h2-3,7H,1H3. The largest absolute Gasteiger partial charge is 0.296 e. The second-order valence-corrected chi connectivity index (χ2v) is 3.52. The predicted molar refractivity (Wildman–Crippen MR) is 50.1 cm³/mol. The zero-order valence-electron chi connectivity index (χ0n) is 6.70. The summed E-state index contributed by atoms with van der Waals surface area (Å²) in [6.45, 7) is 1.61. The molecule has 0 spiro atoms. The number of rotatable bonds is 2. The molecule has 1 aromatic heterocycles. The highest BCUT2D eigenvalue weighted by Gasteiger charge is 2.22. The summed E-state index contributed by atoms with van der Waals surface area (Å²) in [4.78, 5) is 12.8. The Labute approximate surface area is 84.6 Å². The van der Waals surface area contributed by atoms with Gasteiger partial charge in [0.25, 0.3) is 5.69 Å². The third-order valence-corrected chi connectivity index (χ3v) is 1.96. The highest BCUT2D eigenvalue weighted by Crippen LogP contribution is 2.32. The number of nitrogens with zero attached hydrogens (tertiary/aromatic N) is 2. The van der Waals surface area contributed by atoms with Crippen LogP contribution in [0.3, 0.4) is 0 Å². The average molecular weight is 221 g/mol. The van der Waals surface area contributed by atoms with Crippen LogP contribution in [-0.2, 0) is 0 Å². The number of aromatic nitrogens is 1. The third kappa shape index (κ3) is 2.08. The highest BCUT2D eigenvalue weighted by molar-refractivity contribution is 6.44. The van der Waals surface area contributed by atoms with Gasteiger partial charge < -0.3 is 0 Å². The molecule has 6 heteroatoms. The van der Waals surface area contributed by atoms with E-state index in [2.05, 4.69) is 4.98 Å². The van der Waals surface area contributed by atoms with Gasteiger partial charge in [-0.15, -0.1) is 0 Å². The number of aryl methyl sites for hydroxylation is 1. The minimum atomic E-state index is -0.972. The Balaban J connectivity index is 3.34. The number of halogens is 2. The average Bonchev–Trinajstić information content (AvgIpc) is 2.02. The van der Waals surface area contributed by atoms with Crippen LogP contribution in [0.5, 0.6) is 0 Å². The van der Waals surface area contributed by atoms with Gasteiger partial charge in [-0.05, 0) is 13.0 Å². The lowest BCUT2D eigenvalue weighted by Gasteiger charge is -2.03. The molecule has 1 rings (SSSR count). The fourth-order valence-electron chi connectivity index (χ4n) is 0.969. The van der Waals surface area contributed by atoms with E-state index in [0.717, 1.165) is 0 Å². The predicted octanol–water partition coefficient (Wildman–Crippen LogP) is 2.77. The maximum atomic E-state index is 10.6. The van der Waals surface area contributed by atoms with E-state index in [1.54, 1.807) is 6.92 Å². The maximum Gasteiger partial charge on any atom is 0.296 e. The topological polar surface area (TPSA) is 56.0 Å². The molecule has 0 radical (unpaired) electrons. The van der Waals surface area contributed by atoms with E-state index in [4.69, 9.17) is 23.2 Å². The number of hydrogen-bond donors (Lipinski definition) is 0. The summed E-state index contributed by atoms with van der Waals surface area (Å²) in [6, 6.07) is 1.54. The summed E-state index contributed by atoms with van der Waals surface area (Å²) >= 11 is 11.0. The Hall–Kier alpha value is -0.870. The van der Waals surface area contributed by atoms with Crippen molar-refractivity contribution < 1.29 is 4.92 Å². The van der Waals surface area contributed by atoms with E-state index in [0.29, 0.717) is 5.56 Å². The van der Waals surface area contributed by atoms with E-state index >= 15 is 0 Å². The molecule has 0 N–H and O–H groups in total. The van der Waals surface area contributed by atoms with Gasteiger partial charge in [-0.1, -0.05) is 23.2 Å². The summed E-state index contributed by atoms with van der Waals surface area (Å²) < 4.78 is 0. The van der Waals surface area contributed by atoms with Crippen LogP contribution in [0.15, 0.2) is 12.3 Å². The zero-order valence-corrected chi connectivity index (χ0v) is 8.21. The van der Waals surface area contributed by atoms with Gasteiger partial charge in [-0.3, -0.25) is 15.1 Å². The summed E-state index contributed by atoms with van der Waals surface area (Å²) in [6.07, 6.45) is 1.44. The summed E-state index contributed by atoms with van der Waals surface area (Å²) in [5, 5.41) is 10.6. The Morgan fingerprint density at radius 2 is 2.23 bits per heavy atom. The van der Waals surface area contributed by atoms with E-state index in [1.165, 1.54) is 12.3 Å². The monoisotopic (exact) mass is 220 g/mol. The molecule has 0 atom stereocenters. The molecular formula is C7H6Cl2N2O2. The first-order valence-electron chi connectivity index (χ1n) is 3.42. The lowest BCUT2D eigenvalue weighted by molar-refractivity contribution is -0.386.